The van der Waals surface area contributed by atoms with E-state index in [0.717, 1.165) is 24.2 Å². The number of ketones is 1. The minimum atomic E-state index is -1.13. The number of carboxylic acid groups (broad SMARTS) is 1. The first-order chi connectivity index (χ1) is 16.0. The summed E-state index contributed by atoms with van der Waals surface area (Å²) in [7, 11) is 0. The van der Waals surface area contributed by atoms with E-state index < -0.39 is 12.6 Å². The highest BCUT2D eigenvalue weighted by Crippen LogP contribution is 2.26. The minimum Gasteiger partial charge on any atom is -0.490 e. The fourth-order valence-electron chi connectivity index (χ4n) is 2.75. The van der Waals surface area contributed by atoms with Crippen LogP contribution in [0.15, 0.2) is 72.8 Å². The van der Waals surface area contributed by atoms with Crippen molar-refractivity contribution in [3.05, 3.63) is 84.0 Å². The molecule has 0 aliphatic rings. The third kappa shape index (κ3) is 9.47. The average Bonchev–Trinajstić information content (AvgIpc) is 2.82. The maximum Gasteiger partial charge on any atom is 0.341 e. The van der Waals surface area contributed by atoms with Gasteiger partial charge in [0.25, 0.3) is 0 Å². The first kappa shape index (κ1) is 25.5. The van der Waals surface area contributed by atoms with Crippen molar-refractivity contribution in [1.82, 2.24) is 0 Å². The van der Waals surface area contributed by atoms with Gasteiger partial charge in [-0.1, -0.05) is 56.4 Å². The number of carboxylic acids is 1. The molecule has 0 aromatic heterocycles. The number of rotatable bonds is 14. The Morgan fingerprint density at radius 2 is 1.42 bits per heavy atom. The second kappa shape index (κ2) is 14.3. The second-order valence-electron chi connectivity index (χ2n) is 6.99. The lowest BCUT2D eigenvalue weighted by Crippen LogP contribution is -2.12. The van der Waals surface area contributed by atoms with Gasteiger partial charge in [0.1, 0.15) is 30.5 Å². The number of aliphatic carboxylic acids is 1. The van der Waals surface area contributed by atoms with E-state index in [4.69, 9.17) is 19.3 Å². The quantitative estimate of drug-likeness (QED) is 0.225. The topological polar surface area (TPSA) is 82.1 Å². The molecule has 1 N–H and O–H groups in total. The molecule has 6 nitrogen and oxygen atoms in total. The SMILES string of the molecule is CC/C=C/COc1ccc(/C=C/C(=O)c2ccc(OC/C=C/CC)cc2OCC(=O)O)cc1. The molecule has 0 aliphatic carbocycles. The van der Waals surface area contributed by atoms with Gasteiger partial charge in [0.15, 0.2) is 12.4 Å². The smallest absolute Gasteiger partial charge is 0.341 e. The summed E-state index contributed by atoms with van der Waals surface area (Å²) in [6.45, 7) is 4.41. The molecule has 0 atom stereocenters. The lowest BCUT2D eigenvalue weighted by atomic mass is 10.1. The molecule has 0 heterocycles. The Hall–Kier alpha value is -3.80. The number of carbonyl (C=O) groups excluding carboxylic acids is 1. The first-order valence-corrected chi connectivity index (χ1v) is 10.9. The molecule has 6 heteroatoms. The zero-order chi connectivity index (χ0) is 23.9. The summed E-state index contributed by atoms with van der Waals surface area (Å²) in [5.74, 6) is -0.0478. The van der Waals surface area contributed by atoms with Crippen molar-refractivity contribution in [1.29, 1.82) is 0 Å². The van der Waals surface area contributed by atoms with Crippen LogP contribution in [-0.4, -0.2) is 36.7 Å². The van der Waals surface area contributed by atoms with E-state index in [1.807, 2.05) is 55.5 Å². The molecule has 0 saturated heterocycles. The van der Waals surface area contributed by atoms with E-state index in [2.05, 4.69) is 6.92 Å². The fourth-order valence-corrected chi connectivity index (χ4v) is 2.75. The van der Waals surface area contributed by atoms with Gasteiger partial charge in [-0.25, -0.2) is 4.79 Å². The van der Waals surface area contributed by atoms with Gasteiger partial charge in [-0.3, -0.25) is 4.79 Å². The van der Waals surface area contributed by atoms with Gasteiger partial charge in [-0.05, 0) is 48.7 Å². The highest BCUT2D eigenvalue weighted by Gasteiger charge is 2.13. The summed E-state index contributed by atoms with van der Waals surface area (Å²) in [5, 5.41) is 8.95. The highest BCUT2D eigenvalue weighted by molar-refractivity contribution is 6.08. The molecule has 0 saturated carbocycles. The van der Waals surface area contributed by atoms with Crippen LogP contribution in [0.5, 0.6) is 17.2 Å². The van der Waals surface area contributed by atoms with Crippen LogP contribution < -0.4 is 14.2 Å². The second-order valence-corrected chi connectivity index (χ2v) is 6.99. The van der Waals surface area contributed by atoms with Crippen LogP contribution >= 0.6 is 0 Å². The van der Waals surface area contributed by atoms with Gasteiger partial charge >= 0.3 is 5.97 Å². The number of ether oxygens (including phenoxy) is 3. The average molecular weight is 451 g/mol. The van der Waals surface area contributed by atoms with Crippen LogP contribution in [0.25, 0.3) is 6.08 Å². The Morgan fingerprint density at radius 3 is 2.03 bits per heavy atom. The molecule has 0 unspecified atom stereocenters. The van der Waals surface area contributed by atoms with E-state index in [0.29, 0.717) is 19.0 Å². The van der Waals surface area contributed by atoms with Gasteiger partial charge in [-0.15, -0.1) is 0 Å². The van der Waals surface area contributed by atoms with Crippen LogP contribution in [0.3, 0.4) is 0 Å². The van der Waals surface area contributed by atoms with Gasteiger partial charge in [0, 0.05) is 6.07 Å². The number of hydrogen-bond acceptors (Lipinski definition) is 5. The van der Waals surface area contributed by atoms with Crippen LogP contribution in [0.2, 0.25) is 0 Å². The van der Waals surface area contributed by atoms with Gasteiger partial charge in [-0.2, -0.15) is 0 Å². The van der Waals surface area contributed by atoms with Crippen molar-refractivity contribution in [2.75, 3.05) is 19.8 Å². The summed E-state index contributed by atoms with van der Waals surface area (Å²) in [6.07, 6.45) is 12.9. The van der Waals surface area contributed by atoms with Crippen LogP contribution in [0, 0.1) is 0 Å². The molecule has 174 valence electrons. The molecule has 0 bridgehead atoms. The number of allylic oxidation sites excluding steroid dienone is 3. The maximum atomic E-state index is 12.8. The Labute approximate surface area is 194 Å². The molecule has 33 heavy (non-hydrogen) atoms. The standard InChI is InChI=1S/C27H30O6/c1-3-5-7-17-31-22-12-9-21(10-13-22)11-16-25(28)24-15-14-23(32-18-8-6-4-2)19-26(24)33-20-27(29)30/h5-16,19H,3-4,17-18,20H2,1-2H3,(H,29,30)/b7-5+,8-6+,16-11+. The predicted octanol–water partition coefficient (Wildman–Crippen LogP) is 5.74. The Kier molecular flexibility index (Phi) is 11.0. The van der Waals surface area contributed by atoms with Crippen molar-refractivity contribution in [3.8, 4) is 17.2 Å². The molecule has 0 radical (unpaired) electrons. The molecule has 0 aliphatic heterocycles. The molecule has 2 rings (SSSR count). The zero-order valence-corrected chi connectivity index (χ0v) is 19.0. The molecule has 0 fully saturated rings. The van der Waals surface area contributed by atoms with Gasteiger partial charge < -0.3 is 19.3 Å². The van der Waals surface area contributed by atoms with E-state index in [-0.39, 0.29) is 17.1 Å². The maximum absolute atomic E-state index is 12.8. The van der Waals surface area contributed by atoms with Crippen LogP contribution in [0.4, 0.5) is 0 Å². The molecular formula is C27H30O6. The summed E-state index contributed by atoms with van der Waals surface area (Å²) in [6, 6.07) is 12.1. The van der Waals surface area contributed by atoms with Crippen LogP contribution in [-0.2, 0) is 4.79 Å². The third-order valence-electron chi connectivity index (χ3n) is 4.37. The van der Waals surface area contributed by atoms with Crippen LogP contribution in [0.1, 0.15) is 42.6 Å². The monoisotopic (exact) mass is 450 g/mol. The summed E-state index contributed by atoms with van der Waals surface area (Å²) in [4.78, 5) is 23.7. The van der Waals surface area contributed by atoms with Crippen molar-refractivity contribution in [2.45, 2.75) is 26.7 Å². The number of carbonyl (C=O) groups is 2. The summed E-state index contributed by atoms with van der Waals surface area (Å²) >= 11 is 0. The third-order valence-corrected chi connectivity index (χ3v) is 4.37. The Bertz CT molecular complexity index is 986. The van der Waals surface area contributed by atoms with E-state index >= 15 is 0 Å². The normalized spacial score (nSPS) is 11.3. The first-order valence-electron chi connectivity index (χ1n) is 10.9. The van der Waals surface area contributed by atoms with Crippen molar-refractivity contribution in [3.63, 3.8) is 0 Å². The van der Waals surface area contributed by atoms with E-state index in [1.165, 1.54) is 12.1 Å². The molecule has 0 spiro atoms. The molecular weight excluding hydrogens is 420 g/mol. The lowest BCUT2D eigenvalue weighted by molar-refractivity contribution is -0.139. The lowest BCUT2D eigenvalue weighted by Gasteiger charge is -2.11. The van der Waals surface area contributed by atoms with Crippen molar-refractivity contribution < 1.29 is 28.9 Å². The van der Waals surface area contributed by atoms with Gasteiger partial charge in [0.05, 0.1) is 5.56 Å². The minimum absolute atomic E-state index is 0.160. The van der Waals surface area contributed by atoms with Crippen molar-refractivity contribution in [2.24, 2.45) is 0 Å². The number of benzene rings is 2. The molecule has 2 aromatic rings. The Morgan fingerprint density at radius 1 is 0.818 bits per heavy atom. The van der Waals surface area contributed by atoms with Gasteiger partial charge in [0.2, 0.25) is 0 Å². The summed E-state index contributed by atoms with van der Waals surface area (Å²) in [5.41, 5.74) is 1.09. The molecule has 2 aromatic carbocycles. The van der Waals surface area contributed by atoms with E-state index in [1.54, 1.807) is 18.2 Å². The summed E-state index contributed by atoms with van der Waals surface area (Å²) < 4.78 is 16.6. The molecule has 0 amide bonds. The largest absolute Gasteiger partial charge is 0.490 e. The Balaban J connectivity index is 2.09. The van der Waals surface area contributed by atoms with Crippen molar-refractivity contribution >= 4 is 17.8 Å². The number of hydrogen-bond donors (Lipinski definition) is 1. The zero-order valence-electron chi connectivity index (χ0n) is 19.0. The fraction of sp³-hybridized carbons (Fsp3) is 0.259. The highest BCUT2D eigenvalue weighted by atomic mass is 16.5. The van der Waals surface area contributed by atoms with E-state index in [9.17, 15) is 9.59 Å². The predicted molar refractivity (Wildman–Crippen MR) is 129 cm³/mol.